The highest BCUT2D eigenvalue weighted by Crippen LogP contribution is 2.19. The molecule has 1 unspecified atom stereocenters. The Kier molecular flexibility index (Phi) is 14.7. The number of nitriles is 1. The summed E-state index contributed by atoms with van der Waals surface area (Å²) >= 11 is 0. The van der Waals surface area contributed by atoms with Gasteiger partial charge in [-0.3, -0.25) is 14.5 Å². The summed E-state index contributed by atoms with van der Waals surface area (Å²) in [6.45, 7) is 15.3. The van der Waals surface area contributed by atoms with Crippen molar-refractivity contribution >= 4 is 18.0 Å². The maximum Gasteiger partial charge on any atom is 0.240 e. The summed E-state index contributed by atoms with van der Waals surface area (Å²) in [5, 5.41) is 8.62. The number of amides is 2. The second kappa shape index (κ2) is 16.2. The van der Waals surface area contributed by atoms with Crippen molar-refractivity contribution in [2.45, 2.75) is 58.9 Å². The van der Waals surface area contributed by atoms with Crippen molar-refractivity contribution in [3.05, 3.63) is 25.1 Å². The Balaban J connectivity index is 0.00000154. The monoisotopic (exact) mass is 418 g/mol. The van der Waals surface area contributed by atoms with Crippen LogP contribution in [0.1, 0.15) is 52.9 Å². The van der Waals surface area contributed by atoms with Crippen LogP contribution in [0.5, 0.6) is 0 Å². The standard InChI is InChI=1S/C17H26N6O2.C3H8.C2H4/c1-2-5-15(20-8-4-7-18)22-11-10-21(13-22)12-16(24)23-9-3-6-14(23)17(19)25;1-3-2;1-2/h5,8,14H,2-4,6,9-13H2,1H3,(H2,19,25);3H2,1-2H3;1-2H2/b15-5+,20-8-;;. The number of hydrogen-bond donors (Lipinski definition) is 1. The molecule has 0 aromatic carbocycles. The second-order valence-electron chi connectivity index (χ2n) is 6.96. The number of aliphatic imine (C=N–C) groups is 1. The molecule has 2 aliphatic heterocycles. The van der Waals surface area contributed by atoms with Gasteiger partial charge in [0, 0.05) is 25.8 Å². The Morgan fingerprint density at radius 3 is 2.47 bits per heavy atom. The molecule has 2 heterocycles. The third-order valence-corrected chi connectivity index (χ3v) is 4.43. The van der Waals surface area contributed by atoms with Crippen LogP contribution in [-0.2, 0) is 9.59 Å². The van der Waals surface area contributed by atoms with E-state index >= 15 is 0 Å². The molecule has 0 saturated carbocycles. The SMILES string of the molecule is C=C.CC/C=C(\N=C/CC#N)N1CCN(CC(=O)N2CCCC2C(N)=O)C1.CCC. The van der Waals surface area contributed by atoms with Gasteiger partial charge < -0.3 is 15.5 Å². The van der Waals surface area contributed by atoms with Gasteiger partial charge in [0.2, 0.25) is 11.8 Å². The lowest BCUT2D eigenvalue weighted by Crippen LogP contribution is -2.47. The van der Waals surface area contributed by atoms with E-state index in [1.54, 1.807) is 11.1 Å². The average Bonchev–Trinajstić information content (AvgIpc) is 3.39. The van der Waals surface area contributed by atoms with E-state index in [0.29, 0.717) is 19.6 Å². The van der Waals surface area contributed by atoms with Crippen LogP contribution in [0.4, 0.5) is 0 Å². The van der Waals surface area contributed by atoms with E-state index in [0.717, 1.165) is 31.8 Å². The lowest BCUT2D eigenvalue weighted by atomic mass is 10.2. The number of likely N-dealkylation sites (tertiary alicyclic amines) is 1. The van der Waals surface area contributed by atoms with Gasteiger partial charge >= 0.3 is 0 Å². The molecule has 0 aromatic rings. The molecule has 2 fully saturated rings. The first-order chi connectivity index (χ1) is 14.5. The highest BCUT2D eigenvalue weighted by molar-refractivity contribution is 5.88. The first-order valence-corrected chi connectivity index (χ1v) is 10.6. The van der Waals surface area contributed by atoms with Crippen molar-refractivity contribution in [3.8, 4) is 6.07 Å². The summed E-state index contributed by atoms with van der Waals surface area (Å²) in [4.78, 5) is 34.1. The minimum atomic E-state index is -0.461. The zero-order chi connectivity index (χ0) is 22.9. The van der Waals surface area contributed by atoms with Gasteiger partial charge in [-0.2, -0.15) is 5.26 Å². The van der Waals surface area contributed by atoms with E-state index in [4.69, 9.17) is 11.0 Å². The zero-order valence-electron chi connectivity index (χ0n) is 18.8. The Labute approximate surface area is 181 Å². The minimum absolute atomic E-state index is 0.0443. The minimum Gasteiger partial charge on any atom is -0.368 e. The van der Waals surface area contributed by atoms with Crippen molar-refractivity contribution in [2.24, 2.45) is 10.7 Å². The fourth-order valence-electron chi connectivity index (χ4n) is 3.23. The molecule has 2 amide bonds. The molecule has 0 bridgehead atoms. The third kappa shape index (κ3) is 9.23. The molecule has 2 aliphatic rings. The van der Waals surface area contributed by atoms with Crippen LogP contribution in [0.25, 0.3) is 0 Å². The predicted molar refractivity (Wildman–Crippen MR) is 121 cm³/mol. The van der Waals surface area contributed by atoms with Crippen LogP contribution >= 0.6 is 0 Å². The lowest BCUT2D eigenvalue weighted by Gasteiger charge is -2.25. The molecular weight excluding hydrogens is 380 g/mol. The summed E-state index contributed by atoms with van der Waals surface area (Å²) in [5.41, 5.74) is 5.39. The smallest absolute Gasteiger partial charge is 0.240 e. The number of nitrogens with zero attached hydrogens (tertiary/aromatic N) is 5. The second-order valence-corrected chi connectivity index (χ2v) is 6.96. The van der Waals surface area contributed by atoms with Crippen LogP contribution < -0.4 is 5.73 Å². The van der Waals surface area contributed by atoms with Crippen molar-refractivity contribution in [1.29, 1.82) is 5.26 Å². The van der Waals surface area contributed by atoms with Crippen molar-refractivity contribution < 1.29 is 9.59 Å². The van der Waals surface area contributed by atoms with Gasteiger partial charge in [-0.05, 0) is 25.3 Å². The largest absolute Gasteiger partial charge is 0.368 e. The van der Waals surface area contributed by atoms with Crippen LogP contribution in [0, 0.1) is 11.3 Å². The number of primary amides is 1. The maximum absolute atomic E-state index is 12.5. The summed E-state index contributed by atoms with van der Waals surface area (Å²) in [6.07, 6.45) is 7.48. The number of carbonyl (C=O) groups excluding carboxylic acids is 2. The Morgan fingerprint density at radius 2 is 1.90 bits per heavy atom. The van der Waals surface area contributed by atoms with Crippen LogP contribution in [0.3, 0.4) is 0 Å². The van der Waals surface area contributed by atoms with Crippen LogP contribution in [-0.4, -0.2) is 71.6 Å². The lowest BCUT2D eigenvalue weighted by molar-refractivity contribution is -0.138. The quantitative estimate of drug-likeness (QED) is 0.505. The molecule has 0 radical (unpaired) electrons. The van der Waals surface area contributed by atoms with E-state index in [-0.39, 0.29) is 18.9 Å². The number of allylic oxidation sites excluding steroid dienone is 1. The van der Waals surface area contributed by atoms with Crippen LogP contribution in [0.15, 0.2) is 30.0 Å². The highest BCUT2D eigenvalue weighted by Gasteiger charge is 2.34. The Morgan fingerprint density at radius 1 is 1.23 bits per heavy atom. The fourth-order valence-corrected chi connectivity index (χ4v) is 3.23. The molecule has 2 N–H and O–H groups in total. The molecule has 30 heavy (non-hydrogen) atoms. The van der Waals surface area contributed by atoms with E-state index in [1.165, 1.54) is 6.42 Å². The number of hydrogen-bond acceptors (Lipinski definition) is 6. The van der Waals surface area contributed by atoms with Crippen molar-refractivity contribution in [2.75, 3.05) is 32.8 Å². The van der Waals surface area contributed by atoms with Crippen LogP contribution in [0.2, 0.25) is 0 Å². The number of rotatable bonds is 7. The summed E-state index contributed by atoms with van der Waals surface area (Å²) in [6, 6.07) is 1.58. The van der Waals surface area contributed by atoms with Crippen molar-refractivity contribution in [3.63, 3.8) is 0 Å². The molecule has 2 saturated heterocycles. The van der Waals surface area contributed by atoms with Gasteiger partial charge in [0.15, 0.2) is 0 Å². The molecule has 2 rings (SSSR count). The maximum atomic E-state index is 12.5. The Bertz CT molecular complexity index is 626. The highest BCUT2D eigenvalue weighted by atomic mass is 16.2. The van der Waals surface area contributed by atoms with E-state index < -0.39 is 11.9 Å². The normalized spacial score (nSPS) is 19.0. The predicted octanol–water partition coefficient (Wildman–Crippen LogP) is 2.49. The van der Waals surface area contributed by atoms with Gasteiger partial charge in [0.25, 0.3) is 0 Å². The average molecular weight is 419 g/mol. The van der Waals surface area contributed by atoms with E-state index in [1.807, 2.05) is 24.0 Å². The molecule has 0 aromatic heterocycles. The molecule has 0 spiro atoms. The van der Waals surface area contributed by atoms with E-state index in [9.17, 15) is 9.59 Å². The molecular formula is C22H38N6O2. The first-order valence-electron chi connectivity index (χ1n) is 10.6. The van der Waals surface area contributed by atoms with Crippen molar-refractivity contribution in [1.82, 2.24) is 14.7 Å². The van der Waals surface area contributed by atoms with Gasteiger partial charge in [-0.1, -0.05) is 27.2 Å². The van der Waals surface area contributed by atoms with Gasteiger partial charge in [0.05, 0.1) is 25.7 Å². The topological polar surface area (TPSA) is 106 Å². The number of carbonyl (C=O) groups is 2. The zero-order valence-corrected chi connectivity index (χ0v) is 18.8. The van der Waals surface area contributed by atoms with E-state index in [2.05, 4.69) is 36.9 Å². The van der Waals surface area contributed by atoms with Gasteiger partial charge in [-0.25, -0.2) is 4.99 Å². The summed E-state index contributed by atoms with van der Waals surface area (Å²) in [5.74, 6) is 0.370. The molecule has 8 nitrogen and oxygen atoms in total. The molecule has 0 aliphatic carbocycles. The number of nitrogens with two attached hydrogens (primary N) is 1. The molecule has 168 valence electrons. The molecule has 8 heteroatoms. The molecule has 1 atom stereocenters. The van der Waals surface area contributed by atoms with Gasteiger partial charge in [0.1, 0.15) is 11.9 Å². The fraction of sp³-hybridized carbons (Fsp3) is 0.636. The summed E-state index contributed by atoms with van der Waals surface area (Å²) < 4.78 is 0. The first kappa shape index (κ1) is 27.3. The third-order valence-electron chi connectivity index (χ3n) is 4.43. The summed E-state index contributed by atoms with van der Waals surface area (Å²) in [7, 11) is 0. The Hall–Kier alpha value is -2.66. The van der Waals surface area contributed by atoms with Gasteiger partial charge in [-0.15, -0.1) is 13.2 Å².